The topological polar surface area (TPSA) is 20.2 Å². The molecule has 0 aromatic heterocycles. The van der Waals surface area contributed by atoms with E-state index in [1.165, 1.54) is 0 Å². The molecule has 0 atom stereocenters. The van der Waals surface area contributed by atoms with Crippen LogP contribution in [-0.2, 0) is 15.0 Å². The van der Waals surface area contributed by atoms with Gasteiger partial charge in [0, 0.05) is 0 Å². The summed E-state index contributed by atoms with van der Waals surface area (Å²) < 4.78 is 0. The number of aromatic hydroxyl groups is 1. The second kappa shape index (κ2) is 4.10. The summed E-state index contributed by atoms with van der Waals surface area (Å²) in [4.78, 5) is 1.57. The molecule has 0 heterocycles. The van der Waals surface area contributed by atoms with E-state index in [2.05, 4.69) is 15.0 Å². The zero-order valence-electron chi connectivity index (χ0n) is 5.80. The second-order valence-electron chi connectivity index (χ2n) is 2.06. The Bertz CT molecular complexity index is 279. The van der Waals surface area contributed by atoms with E-state index in [9.17, 15) is 0 Å². The molecular weight excluding hydrogens is 183 g/mol. The third kappa shape index (κ3) is 2.69. The Hall–Kier alpha value is -0.876. The van der Waals surface area contributed by atoms with Crippen LogP contribution in [0.1, 0.15) is 5.56 Å². The minimum absolute atomic E-state index is 0.278. The van der Waals surface area contributed by atoms with Crippen molar-refractivity contribution in [2.24, 2.45) is 0 Å². The van der Waals surface area contributed by atoms with Gasteiger partial charge in [-0.15, -0.1) is 0 Å². The van der Waals surface area contributed by atoms with Crippen molar-refractivity contribution in [3.8, 4) is 5.75 Å². The fourth-order valence-electron chi connectivity index (χ4n) is 0.770. The molecule has 1 N–H and O–H groups in total. The number of hydrogen-bond acceptors (Lipinski definition) is 1. The molecule has 0 spiro atoms. The van der Waals surface area contributed by atoms with Crippen molar-refractivity contribution in [3.05, 3.63) is 35.9 Å². The van der Waals surface area contributed by atoms with Gasteiger partial charge in [0.15, 0.2) is 0 Å². The average Bonchev–Trinajstić information content (AvgIpc) is 2.01. The number of hydrogen-bond donors (Lipinski definition) is 1. The summed E-state index contributed by atoms with van der Waals surface area (Å²) >= 11 is 4.34. The number of phenols is 1. The van der Waals surface area contributed by atoms with Crippen molar-refractivity contribution in [1.82, 2.24) is 0 Å². The maximum atomic E-state index is 9.04. The quantitative estimate of drug-likeness (QED) is 0.705. The first-order chi connectivity index (χ1) is 5.33. The summed E-state index contributed by atoms with van der Waals surface area (Å²) in [6.45, 7) is 0. The van der Waals surface area contributed by atoms with Gasteiger partial charge in [-0.25, -0.2) is 0 Å². The normalized spacial score (nSPS) is 10.4. The number of benzene rings is 1. The zero-order valence-corrected chi connectivity index (χ0v) is 6.79. The molecule has 0 amide bonds. The van der Waals surface area contributed by atoms with Crippen molar-refractivity contribution in [1.29, 1.82) is 0 Å². The minimum atomic E-state index is 0.278. The van der Waals surface area contributed by atoms with Crippen LogP contribution in [0.4, 0.5) is 0 Å². The molecule has 0 fully saturated rings. The van der Waals surface area contributed by atoms with Crippen LogP contribution < -0.4 is 0 Å². The van der Waals surface area contributed by atoms with Crippen LogP contribution in [0.15, 0.2) is 30.3 Å². The first-order valence-electron chi connectivity index (χ1n) is 3.18. The molecule has 0 saturated heterocycles. The van der Waals surface area contributed by atoms with Gasteiger partial charge in [0.1, 0.15) is 0 Å². The maximum absolute atomic E-state index is 9.04. The van der Waals surface area contributed by atoms with Crippen LogP contribution in [0.5, 0.6) is 5.75 Å². The van der Waals surface area contributed by atoms with E-state index in [4.69, 9.17) is 5.11 Å². The van der Waals surface area contributed by atoms with E-state index in [1.54, 1.807) is 29.3 Å². The van der Waals surface area contributed by atoms with Crippen molar-refractivity contribution in [2.45, 2.75) is 0 Å². The molecule has 1 nitrogen and oxygen atoms in total. The first-order valence-corrected chi connectivity index (χ1v) is 3.75. The van der Waals surface area contributed by atoms with E-state index < -0.39 is 0 Å². The molecule has 1 rings (SSSR count). The molecule has 0 saturated carbocycles. The van der Waals surface area contributed by atoms with Crippen LogP contribution in [0.25, 0.3) is 6.08 Å². The molecule has 0 radical (unpaired) electrons. The van der Waals surface area contributed by atoms with Crippen molar-refractivity contribution < 1.29 is 20.1 Å². The SMILES string of the molecule is Oc1cccc(/C=C\[CH]=[Ni])c1. The predicted molar refractivity (Wildman–Crippen MR) is 43.2 cm³/mol. The summed E-state index contributed by atoms with van der Waals surface area (Å²) in [5, 5.41) is 9.04. The van der Waals surface area contributed by atoms with E-state index in [1.807, 2.05) is 12.1 Å². The molecule has 0 aliphatic rings. The third-order valence-electron chi connectivity index (χ3n) is 1.22. The molecule has 11 heavy (non-hydrogen) atoms. The van der Waals surface area contributed by atoms with Gasteiger partial charge in [-0.05, 0) is 0 Å². The van der Waals surface area contributed by atoms with Gasteiger partial charge in [0.05, 0.1) is 0 Å². The van der Waals surface area contributed by atoms with Crippen molar-refractivity contribution in [3.63, 3.8) is 0 Å². The monoisotopic (exact) mass is 190 g/mol. The summed E-state index contributed by atoms with van der Waals surface area (Å²) in [7, 11) is 0. The van der Waals surface area contributed by atoms with Gasteiger partial charge < -0.3 is 0 Å². The average molecular weight is 191 g/mol. The zero-order chi connectivity index (χ0) is 8.10. The second-order valence-corrected chi connectivity index (χ2v) is 2.39. The number of phenolic OH excluding ortho intramolecular Hbond substituents is 1. The van der Waals surface area contributed by atoms with Crippen LogP contribution in [0.2, 0.25) is 0 Å². The first kappa shape index (κ1) is 8.22. The standard InChI is InChI=1S/C9H8O.Ni/c1-2-4-8-5-3-6-9(10)7-8;/h1-7,10H;/b4-2-;. The Labute approximate surface area is 73.3 Å². The Morgan fingerprint density at radius 1 is 1.36 bits per heavy atom. The summed E-state index contributed by atoms with van der Waals surface area (Å²) in [6, 6.07) is 7.01. The van der Waals surface area contributed by atoms with Crippen molar-refractivity contribution >= 4 is 11.1 Å². The summed E-state index contributed by atoms with van der Waals surface area (Å²) in [5.74, 6) is 0.278. The number of rotatable bonds is 2. The molecule has 0 aliphatic heterocycles. The molecule has 0 aliphatic carbocycles. The van der Waals surface area contributed by atoms with E-state index in [0.717, 1.165) is 5.56 Å². The Balaban J connectivity index is 2.87. The molecule has 1 aromatic carbocycles. The van der Waals surface area contributed by atoms with Gasteiger partial charge in [-0.3, -0.25) is 0 Å². The van der Waals surface area contributed by atoms with Gasteiger partial charge >= 0.3 is 72.9 Å². The predicted octanol–water partition coefficient (Wildman–Crippen LogP) is 1.75. The van der Waals surface area contributed by atoms with Crippen LogP contribution in [0, 0.1) is 0 Å². The van der Waals surface area contributed by atoms with Gasteiger partial charge in [0.2, 0.25) is 0 Å². The van der Waals surface area contributed by atoms with Crippen molar-refractivity contribution in [2.75, 3.05) is 0 Å². The van der Waals surface area contributed by atoms with Gasteiger partial charge in [-0.2, -0.15) is 0 Å². The number of allylic oxidation sites excluding steroid dienone is 1. The van der Waals surface area contributed by atoms with Gasteiger partial charge in [-0.1, -0.05) is 0 Å². The Morgan fingerprint density at radius 3 is 2.82 bits per heavy atom. The fourth-order valence-corrected chi connectivity index (χ4v) is 0.865. The summed E-state index contributed by atoms with van der Waals surface area (Å²) in [5.41, 5.74) is 0.957. The molecule has 0 unspecified atom stereocenters. The third-order valence-corrected chi connectivity index (χ3v) is 1.41. The molecule has 60 valence electrons. The van der Waals surface area contributed by atoms with E-state index in [0.29, 0.717) is 0 Å². The van der Waals surface area contributed by atoms with Crippen LogP contribution in [0.3, 0.4) is 0 Å². The molecule has 1 aromatic rings. The molecule has 0 bridgehead atoms. The van der Waals surface area contributed by atoms with Gasteiger partial charge in [0.25, 0.3) is 0 Å². The van der Waals surface area contributed by atoms with Crippen LogP contribution >= 0.6 is 0 Å². The van der Waals surface area contributed by atoms with E-state index >= 15 is 0 Å². The Kier molecular flexibility index (Phi) is 3.06. The molecule has 2 heteroatoms. The van der Waals surface area contributed by atoms with E-state index in [-0.39, 0.29) is 5.75 Å². The van der Waals surface area contributed by atoms with Crippen LogP contribution in [-0.4, -0.2) is 10.1 Å². The fraction of sp³-hybridized carbons (Fsp3) is 0. The Morgan fingerprint density at radius 2 is 2.18 bits per heavy atom. The summed E-state index contributed by atoms with van der Waals surface area (Å²) in [6.07, 6.45) is 3.62. The molecular formula is C9H8NiO.